The number of unbranched alkanes of at least 4 members (excludes halogenated alkanes) is 2. The van der Waals surface area contributed by atoms with Crippen molar-refractivity contribution >= 4 is 13.4 Å². The van der Waals surface area contributed by atoms with Crippen LogP contribution in [0.25, 0.3) is 0 Å². The van der Waals surface area contributed by atoms with Crippen LogP contribution in [0.15, 0.2) is 0 Å². The van der Waals surface area contributed by atoms with E-state index in [4.69, 9.17) is 4.89 Å². The van der Waals surface area contributed by atoms with Crippen LogP contribution in [0.5, 0.6) is 0 Å². The van der Waals surface area contributed by atoms with E-state index in [9.17, 15) is 9.36 Å². The van der Waals surface area contributed by atoms with E-state index >= 15 is 0 Å². The van der Waals surface area contributed by atoms with Gasteiger partial charge in [-0.15, -0.1) is 0 Å². The van der Waals surface area contributed by atoms with Gasteiger partial charge >= 0.3 is 7.60 Å². The zero-order valence-corrected chi connectivity index (χ0v) is 9.76. The molecule has 14 heavy (non-hydrogen) atoms. The highest BCUT2D eigenvalue weighted by Crippen LogP contribution is 2.41. The molecular weight excluding hydrogens is 203 g/mol. The molecular formula is C9H19O4P. The first-order chi connectivity index (χ1) is 6.52. The predicted molar refractivity (Wildman–Crippen MR) is 55.5 cm³/mol. The number of carbonyl (C=O) groups excluding carboxylic acids is 1. The summed E-state index contributed by atoms with van der Waals surface area (Å²) < 4.78 is 15.8. The first-order valence-corrected chi connectivity index (χ1v) is 6.76. The Bertz CT molecular complexity index is 215. The highest BCUT2D eigenvalue weighted by molar-refractivity contribution is 7.53. The highest BCUT2D eigenvalue weighted by Gasteiger charge is 2.22. The lowest BCUT2D eigenvalue weighted by atomic mass is 10.2. The fourth-order valence-corrected chi connectivity index (χ4v) is 2.22. The van der Waals surface area contributed by atoms with E-state index in [1.165, 1.54) is 0 Å². The number of ketones is 1. The summed E-state index contributed by atoms with van der Waals surface area (Å²) in [7, 11) is -3.65. The number of Topliss-reactive ketones (excluding diaryl/α,β-unsaturated/α-hetero) is 1. The van der Waals surface area contributed by atoms with E-state index in [0.717, 1.165) is 19.3 Å². The molecule has 0 heterocycles. The van der Waals surface area contributed by atoms with Gasteiger partial charge in [-0.05, 0) is 13.3 Å². The van der Waals surface area contributed by atoms with Crippen LogP contribution in [0, 0.1) is 0 Å². The maximum Gasteiger partial charge on any atom is 0.335 e. The van der Waals surface area contributed by atoms with E-state index < -0.39 is 7.60 Å². The van der Waals surface area contributed by atoms with Gasteiger partial charge in [0.25, 0.3) is 0 Å². The van der Waals surface area contributed by atoms with E-state index in [2.05, 4.69) is 4.52 Å². The molecule has 0 spiro atoms. The summed E-state index contributed by atoms with van der Waals surface area (Å²) in [6, 6.07) is 0. The van der Waals surface area contributed by atoms with E-state index in [-0.39, 0.29) is 18.6 Å². The number of carbonyl (C=O) groups is 1. The van der Waals surface area contributed by atoms with Crippen molar-refractivity contribution in [2.75, 3.05) is 12.8 Å². The van der Waals surface area contributed by atoms with Crippen LogP contribution >= 0.6 is 7.60 Å². The fourth-order valence-electron chi connectivity index (χ4n) is 1.12. The molecule has 0 aromatic rings. The molecule has 5 heteroatoms. The van der Waals surface area contributed by atoms with Gasteiger partial charge in [-0.3, -0.25) is 9.36 Å². The number of hydrogen-bond donors (Lipinski definition) is 1. The third-order valence-electron chi connectivity index (χ3n) is 1.77. The zero-order chi connectivity index (χ0) is 11.0. The molecule has 0 bridgehead atoms. The molecule has 0 saturated heterocycles. The minimum absolute atomic E-state index is 0.163. The molecule has 0 saturated carbocycles. The average Bonchev–Trinajstić information content (AvgIpc) is 2.03. The van der Waals surface area contributed by atoms with Crippen molar-refractivity contribution in [3.05, 3.63) is 0 Å². The van der Waals surface area contributed by atoms with Gasteiger partial charge in [0, 0.05) is 6.42 Å². The highest BCUT2D eigenvalue weighted by atomic mass is 31.2. The van der Waals surface area contributed by atoms with Crippen LogP contribution in [-0.4, -0.2) is 23.4 Å². The molecule has 1 atom stereocenters. The third kappa shape index (κ3) is 7.25. The Kier molecular flexibility index (Phi) is 7.06. The second-order valence-electron chi connectivity index (χ2n) is 3.21. The van der Waals surface area contributed by atoms with E-state index in [1.807, 2.05) is 6.92 Å². The van der Waals surface area contributed by atoms with Gasteiger partial charge in [0.1, 0.15) is 11.9 Å². The molecule has 1 N–H and O–H groups in total. The quantitative estimate of drug-likeness (QED) is 0.505. The Labute approximate surface area is 85.2 Å². The lowest BCUT2D eigenvalue weighted by molar-refractivity contribution is -0.117. The van der Waals surface area contributed by atoms with Crippen molar-refractivity contribution in [2.24, 2.45) is 0 Å². The lowest BCUT2D eigenvalue weighted by Crippen LogP contribution is -2.07. The molecule has 0 fully saturated rings. The van der Waals surface area contributed by atoms with Crippen molar-refractivity contribution < 1.29 is 18.8 Å². The van der Waals surface area contributed by atoms with Crippen LogP contribution in [-0.2, 0) is 13.9 Å². The van der Waals surface area contributed by atoms with Gasteiger partial charge in [0.15, 0.2) is 0 Å². The van der Waals surface area contributed by atoms with Gasteiger partial charge in [-0.1, -0.05) is 19.8 Å². The maximum absolute atomic E-state index is 11.2. The van der Waals surface area contributed by atoms with Gasteiger partial charge in [0.2, 0.25) is 0 Å². The van der Waals surface area contributed by atoms with Crippen LogP contribution in [0.4, 0.5) is 0 Å². The second-order valence-corrected chi connectivity index (χ2v) is 5.06. The summed E-state index contributed by atoms with van der Waals surface area (Å²) in [5, 5.41) is 0. The molecule has 1 unspecified atom stereocenters. The average molecular weight is 222 g/mol. The Morgan fingerprint density at radius 3 is 2.50 bits per heavy atom. The Hall–Kier alpha value is -0.180. The van der Waals surface area contributed by atoms with Crippen molar-refractivity contribution in [1.29, 1.82) is 0 Å². The largest absolute Gasteiger partial charge is 0.335 e. The Morgan fingerprint density at radius 1 is 1.36 bits per heavy atom. The maximum atomic E-state index is 11.2. The van der Waals surface area contributed by atoms with Crippen LogP contribution in [0.2, 0.25) is 0 Å². The smallest absolute Gasteiger partial charge is 0.324 e. The molecule has 0 aliphatic heterocycles. The molecule has 0 amide bonds. The topological polar surface area (TPSA) is 63.6 Å². The second kappa shape index (κ2) is 7.16. The van der Waals surface area contributed by atoms with Crippen molar-refractivity contribution in [1.82, 2.24) is 0 Å². The van der Waals surface area contributed by atoms with Crippen LogP contribution in [0.3, 0.4) is 0 Å². The Balaban J connectivity index is 3.75. The molecule has 0 aliphatic carbocycles. The zero-order valence-electron chi connectivity index (χ0n) is 8.86. The predicted octanol–water partition coefficient (Wildman–Crippen LogP) is 2.36. The van der Waals surface area contributed by atoms with Crippen LogP contribution in [0.1, 0.15) is 39.5 Å². The minimum Gasteiger partial charge on any atom is -0.324 e. The van der Waals surface area contributed by atoms with Gasteiger partial charge < -0.3 is 9.42 Å². The minimum atomic E-state index is -3.65. The third-order valence-corrected chi connectivity index (χ3v) is 3.18. The first-order valence-electron chi connectivity index (χ1n) is 5.00. The molecule has 0 aromatic carbocycles. The Morgan fingerprint density at radius 2 is 2.00 bits per heavy atom. The van der Waals surface area contributed by atoms with Gasteiger partial charge in [-0.2, -0.15) is 0 Å². The van der Waals surface area contributed by atoms with E-state index in [0.29, 0.717) is 6.42 Å². The molecule has 84 valence electrons. The van der Waals surface area contributed by atoms with Crippen LogP contribution < -0.4 is 0 Å². The number of rotatable bonds is 8. The van der Waals surface area contributed by atoms with Crippen molar-refractivity contribution in [3.8, 4) is 0 Å². The number of hydrogen-bond acceptors (Lipinski definition) is 3. The summed E-state index contributed by atoms with van der Waals surface area (Å²) in [6.07, 6.45) is 2.85. The van der Waals surface area contributed by atoms with E-state index in [1.54, 1.807) is 6.92 Å². The standard InChI is InChI=1S/C9H19O4P/c1-3-5-6-7-9(10)8-14(11,12)13-4-2/h3-8H2,1-2H3,(H,11,12). The summed E-state index contributed by atoms with van der Waals surface area (Å²) in [5.74, 6) is -0.183. The van der Waals surface area contributed by atoms with Gasteiger partial charge in [0.05, 0.1) is 6.61 Å². The lowest BCUT2D eigenvalue weighted by Gasteiger charge is -2.09. The first kappa shape index (κ1) is 13.8. The molecule has 0 rings (SSSR count). The molecule has 0 aromatic heterocycles. The molecule has 0 aliphatic rings. The summed E-state index contributed by atoms with van der Waals surface area (Å²) in [6.45, 7) is 3.84. The van der Waals surface area contributed by atoms with Crippen molar-refractivity contribution in [2.45, 2.75) is 39.5 Å². The normalized spacial score (nSPS) is 15.1. The SMILES string of the molecule is CCCCCC(=O)CP(=O)(O)OCC. The summed E-state index contributed by atoms with van der Waals surface area (Å²) in [5.41, 5.74) is 0. The molecule has 4 nitrogen and oxygen atoms in total. The fraction of sp³-hybridized carbons (Fsp3) is 0.889. The van der Waals surface area contributed by atoms with Gasteiger partial charge in [-0.25, -0.2) is 0 Å². The summed E-state index contributed by atoms with van der Waals surface area (Å²) >= 11 is 0. The summed E-state index contributed by atoms with van der Waals surface area (Å²) in [4.78, 5) is 20.3. The van der Waals surface area contributed by atoms with Crippen molar-refractivity contribution in [3.63, 3.8) is 0 Å². The molecule has 0 radical (unpaired) electrons. The monoisotopic (exact) mass is 222 g/mol.